The minimum Gasteiger partial charge on any atom is -0.370 e. The molecule has 0 amide bonds. The molecule has 3 N–H and O–H groups in total. The van der Waals surface area contributed by atoms with Gasteiger partial charge in [0.2, 0.25) is 0 Å². The number of thioether (sulfide) groups is 1. The lowest BCUT2D eigenvalue weighted by Gasteiger charge is -2.25. The molecule has 0 radical (unpaired) electrons. The van der Waals surface area contributed by atoms with Crippen molar-refractivity contribution in [3.63, 3.8) is 0 Å². The second-order valence-corrected chi connectivity index (χ2v) is 7.32. The summed E-state index contributed by atoms with van der Waals surface area (Å²) in [6.07, 6.45) is 0. The molecule has 130 valence electrons. The number of hydrogen-bond donors (Lipinski definition) is 2. The highest BCUT2D eigenvalue weighted by molar-refractivity contribution is 14.0. The predicted octanol–water partition coefficient (Wildman–Crippen LogP) is 3.63. The van der Waals surface area contributed by atoms with Gasteiger partial charge in [-0.3, -0.25) is 9.89 Å². The summed E-state index contributed by atoms with van der Waals surface area (Å²) in [4.78, 5) is 6.82. The molecule has 0 spiro atoms. The normalized spacial score (nSPS) is 17.4. The number of rotatable bonds is 5. The third-order valence-corrected chi connectivity index (χ3v) is 5.10. The number of benzene rings is 1. The Morgan fingerprint density at radius 1 is 1.39 bits per heavy atom. The summed E-state index contributed by atoms with van der Waals surface area (Å²) in [5, 5.41) is 4.43. The van der Waals surface area contributed by atoms with Gasteiger partial charge in [0.1, 0.15) is 0 Å². The Kier molecular flexibility index (Phi) is 10.00. The zero-order valence-corrected chi connectivity index (χ0v) is 17.8. The summed E-state index contributed by atoms with van der Waals surface area (Å²) in [6.45, 7) is 5.96. The van der Waals surface area contributed by atoms with E-state index >= 15 is 0 Å². The molecule has 4 nitrogen and oxygen atoms in total. The summed E-state index contributed by atoms with van der Waals surface area (Å²) in [5.41, 5.74) is 6.91. The van der Waals surface area contributed by atoms with Crippen LogP contribution >= 0.6 is 58.9 Å². The average Bonchev–Trinajstić information content (AvgIpc) is 2.48. The van der Waals surface area contributed by atoms with Crippen LogP contribution in [0.2, 0.25) is 10.0 Å². The molecule has 8 heteroatoms. The van der Waals surface area contributed by atoms with E-state index < -0.39 is 0 Å². The fraction of sp³-hybridized carbons (Fsp3) is 0.533. The van der Waals surface area contributed by atoms with Gasteiger partial charge in [-0.1, -0.05) is 29.3 Å². The summed E-state index contributed by atoms with van der Waals surface area (Å²) in [5.74, 6) is 2.87. The van der Waals surface area contributed by atoms with Crippen LogP contribution in [0.5, 0.6) is 0 Å². The van der Waals surface area contributed by atoms with Crippen LogP contribution in [-0.2, 0) is 0 Å². The van der Waals surface area contributed by atoms with E-state index in [2.05, 4.69) is 15.2 Å². The molecular weight excluding hydrogens is 466 g/mol. The van der Waals surface area contributed by atoms with Gasteiger partial charge in [-0.25, -0.2) is 0 Å². The summed E-state index contributed by atoms with van der Waals surface area (Å²) in [6, 6.07) is 5.45. The largest absolute Gasteiger partial charge is 0.370 e. The van der Waals surface area contributed by atoms with Gasteiger partial charge in [-0.2, -0.15) is 11.8 Å². The van der Waals surface area contributed by atoms with Crippen LogP contribution in [0.25, 0.3) is 0 Å². The molecule has 1 aromatic rings. The lowest BCUT2D eigenvalue weighted by Crippen LogP contribution is -2.37. The average molecular weight is 489 g/mol. The number of nitrogens with one attached hydrogen (secondary N) is 1. The molecule has 1 atom stereocenters. The number of guanidine groups is 1. The molecule has 0 aromatic heterocycles. The zero-order chi connectivity index (χ0) is 15.9. The molecule has 1 aliphatic heterocycles. The maximum atomic E-state index is 6.20. The minimum absolute atomic E-state index is 0. The molecule has 0 bridgehead atoms. The lowest BCUT2D eigenvalue weighted by atomic mass is 10.1. The maximum absolute atomic E-state index is 6.20. The SMILES string of the molecule is CC(NC(N)=NCCN1CCSCC1)c1ccc(Cl)cc1Cl.I. The number of nitrogens with zero attached hydrogens (tertiary/aromatic N) is 2. The second-order valence-electron chi connectivity index (χ2n) is 5.25. The van der Waals surface area contributed by atoms with Crippen LogP contribution in [0, 0.1) is 0 Å². The van der Waals surface area contributed by atoms with Crippen LogP contribution in [0.3, 0.4) is 0 Å². The highest BCUT2D eigenvalue weighted by atomic mass is 127. The topological polar surface area (TPSA) is 53.6 Å². The molecule has 0 saturated carbocycles. The van der Waals surface area contributed by atoms with Gasteiger partial charge in [-0.05, 0) is 24.6 Å². The van der Waals surface area contributed by atoms with Gasteiger partial charge in [0.05, 0.1) is 12.6 Å². The van der Waals surface area contributed by atoms with Crippen LogP contribution in [0.1, 0.15) is 18.5 Å². The second kappa shape index (κ2) is 10.9. The zero-order valence-electron chi connectivity index (χ0n) is 13.1. The van der Waals surface area contributed by atoms with Crippen molar-refractivity contribution >= 4 is 64.9 Å². The van der Waals surface area contributed by atoms with Crippen molar-refractivity contribution in [3.8, 4) is 0 Å². The first-order valence-corrected chi connectivity index (χ1v) is 9.29. The first-order chi connectivity index (χ1) is 10.6. The highest BCUT2D eigenvalue weighted by Gasteiger charge is 2.11. The van der Waals surface area contributed by atoms with Gasteiger partial charge in [0, 0.05) is 41.2 Å². The quantitative estimate of drug-likeness (QED) is 0.377. The fourth-order valence-corrected chi connectivity index (χ4v) is 3.89. The van der Waals surface area contributed by atoms with E-state index in [0.29, 0.717) is 22.5 Å². The molecule has 1 aromatic carbocycles. The molecule has 1 heterocycles. The lowest BCUT2D eigenvalue weighted by molar-refractivity contribution is 0.311. The summed E-state index contributed by atoms with van der Waals surface area (Å²) >= 11 is 14.1. The third-order valence-electron chi connectivity index (χ3n) is 3.60. The first-order valence-electron chi connectivity index (χ1n) is 7.38. The van der Waals surface area contributed by atoms with Gasteiger partial charge in [0.15, 0.2) is 5.96 Å². The molecule has 1 unspecified atom stereocenters. The molecule has 1 fully saturated rings. The predicted molar refractivity (Wildman–Crippen MR) is 114 cm³/mol. The number of aliphatic imine (C=N–C) groups is 1. The van der Waals surface area contributed by atoms with Crippen LogP contribution in [-0.4, -0.2) is 48.5 Å². The first kappa shape index (κ1) is 21.2. The monoisotopic (exact) mass is 488 g/mol. The van der Waals surface area contributed by atoms with E-state index in [4.69, 9.17) is 28.9 Å². The van der Waals surface area contributed by atoms with Crippen molar-refractivity contribution in [2.75, 3.05) is 37.7 Å². The van der Waals surface area contributed by atoms with Crippen molar-refractivity contribution in [1.29, 1.82) is 0 Å². The Labute approximate surface area is 169 Å². The fourth-order valence-electron chi connectivity index (χ4n) is 2.33. The Morgan fingerprint density at radius 3 is 2.74 bits per heavy atom. The van der Waals surface area contributed by atoms with E-state index in [0.717, 1.165) is 25.2 Å². The molecular formula is C15H23Cl2IN4S. The van der Waals surface area contributed by atoms with Crippen molar-refractivity contribution < 1.29 is 0 Å². The molecule has 1 aliphatic rings. The smallest absolute Gasteiger partial charge is 0.189 e. The van der Waals surface area contributed by atoms with E-state index in [-0.39, 0.29) is 30.0 Å². The molecule has 2 rings (SSSR count). The highest BCUT2D eigenvalue weighted by Crippen LogP contribution is 2.25. The van der Waals surface area contributed by atoms with Gasteiger partial charge in [0.25, 0.3) is 0 Å². The molecule has 1 saturated heterocycles. The van der Waals surface area contributed by atoms with Gasteiger partial charge >= 0.3 is 0 Å². The van der Waals surface area contributed by atoms with E-state index in [1.807, 2.05) is 30.8 Å². The minimum atomic E-state index is -0.0140. The van der Waals surface area contributed by atoms with E-state index in [1.54, 1.807) is 6.07 Å². The number of nitrogens with two attached hydrogens (primary N) is 1. The van der Waals surface area contributed by atoms with Crippen molar-refractivity contribution in [2.45, 2.75) is 13.0 Å². The number of halogens is 3. The Morgan fingerprint density at radius 2 is 2.09 bits per heavy atom. The van der Waals surface area contributed by atoms with Crippen LogP contribution in [0.15, 0.2) is 23.2 Å². The van der Waals surface area contributed by atoms with Crippen LogP contribution < -0.4 is 11.1 Å². The van der Waals surface area contributed by atoms with Crippen molar-refractivity contribution in [1.82, 2.24) is 10.2 Å². The van der Waals surface area contributed by atoms with Crippen molar-refractivity contribution in [3.05, 3.63) is 33.8 Å². The third kappa shape index (κ3) is 7.25. The Hall–Kier alpha value is 0.110. The Bertz CT molecular complexity index is 524. The summed E-state index contributed by atoms with van der Waals surface area (Å²) < 4.78 is 0. The Balaban J connectivity index is 0.00000264. The molecule has 23 heavy (non-hydrogen) atoms. The van der Waals surface area contributed by atoms with E-state index in [9.17, 15) is 0 Å². The van der Waals surface area contributed by atoms with Gasteiger partial charge < -0.3 is 11.1 Å². The standard InChI is InChI=1S/C15H22Cl2N4S.HI/c1-11(13-3-2-12(16)10-14(13)17)20-15(18)19-4-5-21-6-8-22-9-7-21;/h2-3,10-11H,4-9H2,1H3,(H3,18,19,20);1H. The number of hydrogen-bond acceptors (Lipinski definition) is 3. The van der Waals surface area contributed by atoms with Gasteiger partial charge in [-0.15, -0.1) is 24.0 Å². The van der Waals surface area contributed by atoms with E-state index in [1.165, 1.54) is 11.5 Å². The van der Waals surface area contributed by atoms with Crippen molar-refractivity contribution in [2.24, 2.45) is 10.7 Å². The van der Waals surface area contributed by atoms with Crippen LogP contribution in [0.4, 0.5) is 0 Å². The summed E-state index contributed by atoms with van der Waals surface area (Å²) in [7, 11) is 0. The molecule has 0 aliphatic carbocycles. The maximum Gasteiger partial charge on any atom is 0.189 e.